The Balaban J connectivity index is 1.41. The Morgan fingerprint density at radius 2 is 1.94 bits per heavy atom. The molecule has 1 N–H and O–H groups in total. The highest BCUT2D eigenvalue weighted by atomic mass is 35.5. The lowest BCUT2D eigenvalue weighted by Crippen LogP contribution is -2.41. The highest BCUT2D eigenvalue weighted by Gasteiger charge is 2.37. The number of hydrogen-bond donors (Lipinski definition) is 1. The average molecular weight is 513 g/mol. The summed E-state index contributed by atoms with van der Waals surface area (Å²) < 4.78 is 1.85. The number of aromatic nitrogens is 2. The van der Waals surface area contributed by atoms with Crippen molar-refractivity contribution in [2.75, 3.05) is 13.1 Å². The van der Waals surface area contributed by atoms with E-state index >= 15 is 0 Å². The van der Waals surface area contributed by atoms with Crippen molar-refractivity contribution in [3.8, 4) is 5.69 Å². The molecule has 0 spiro atoms. The lowest BCUT2D eigenvalue weighted by Gasteiger charge is -2.20. The minimum absolute atomic E-state index is 0.128. The largest absolute Gasteiger partial charge is 0.286 e. The molecule has 2 unspecified atom stereocenters. The van der Waals surface area contributed by atoms with Gasteiger partial charge in [0.2, 0.25) is 0 Å². The molecule has 2 aliphatic carbocycles. The third kappa shape index (κ3) is 4.11. The van der Waals surface area contributed by atoms with E-state index in [4.69, 9.17) is 28.3 Å². The maximum Gasteiger partial charge on any atom is 0.286 e. The Hall–Kier alpha value is -2.12. The quantitative estimate of drug-likeness (QED) is 0.434. The van der Waals surface area contributed by atoms with Gasteiger partial charge in [-0.25, -0.2) is 9.69 Å². The van der Waals surface area contributed by atoms with Crippen LogP contribution in [-0.2, 0) is 6.42 Å². The van der Waals surface area contributed by atoms with E-state index in [1.54, 1.807) is 17.4 Å². The number of amides is 1. The molecule has 0 radical (unpaired) electrons. The Labute approximate surface area is 213 Å². The Morgan fingerprint density at radius 3 is 2.68 bits per heavy atom. The number of thiophene rings is 1. The molecule has 5 nitrogen and oxygen atoms in total. The smallest absolute Gasteiger partial charge is 0.283 e. The number of fused-ring (bicyclic) bond motifs is 2. The predicted octanol–water partition coefficient (Wildman–Crippen LogP) is 6.49. The highest BCUT2D eigenvalue weighted by molar-refractivity contribution is 7.08. The van der Waals surface area contributed by atoms with Gasteiger partial charge >= 0.3 is 0 Å². The van der Waals surface area contributed by atoms with Crippen LogP contribution in [0.4, 0.5) is 0 Å². The Kier molecular flexibility index (Phi) is 6.02. The molecule has 1 amide bonds. The van der Waals surface area contributed by atoms with Crippen molar-refractivity contribution in [2.45, 2.75) is 38.5 Å². The standard InChI is InChI=1S/C26H26Cl2N4OS/c27-20-7-8-23(22(28)12-20)32-25-17(11-16-9-10-34-15-16)3-2-6-21(25)24(29-32)26(33)30-31-13-18-4-1-5-19(18)14-31/h7-12,15,18-19H,1-6,13-14H2,(H,30,33)/b17-11+. The number of carbonyl (C=O) groups excluding carboxylic acids is 1. The molecule has 2 fully saturated rings. The van der Waals surface area contributed by atoms with Crippen molar-refractivity contribution in [1.82, 2.24) is 20.2 Å². The summed E-state index contributed by atoms with van der Waals surface area (Å²) >= 11 is 14.5. The van der Waals surface area contributed by atoms with Gasteiger partial charge in [0.25, 0.3) is 5.91 Å². The van der Waals surface area contributed by atoms with Crippen LogP contribution in [0, 0.1) is 11.8 Å². The van der Waals surface area contributed by atoms with Crippen LogP contribution < -0.4 is 5.43 Å². The maximum absolute atomic E-state index is 13.5. The van der Waals surface area contributed by atoms with Gasteiger partial charge in [0.1, 0.15) is 0 Å². The zero-order valence-electron chi connectivity index (χ0n) is 18.8. The lowest BCUT2D eigenvalue weighted by molar-refractivity contribution is 0.0807. The van der Waals surface area contributed by atoms with Gasteiger partial charge in [0.15, 0.2) is 5.69 Å². The first-order chi connectivity index (χ1) is 16.6. The maximum atomic E-state index is 13.5. The molecule has 6 rings (SSSR count). The molecule has 1 aliphatic heterocycles. The first kappa shape index (κ1) is 22.4. The summed E-state index contributed by atoms with van der Waals surface area (Å²) in [7, 11) is 0. The van der Waals surface area contributed by atoms with Gasteiger partial charge in [0.05, 0.1) is 16.4 Å². The van der Waals surface area contributed by atoms with Gasteiger partial charge in [0, 0.05) is 23.7 Å². The molecule has 1 aromatic carbocycles. The van der Waals surface area contributed by atoms with Gasteiger partial charge in [-0.1, -0.05) is 29.6 Å². The molecular weight excluding hydrogens is 487 g/mol. The third-order valence-corrected chi connectivity index (χ3v) is 8.62. The van der Waals surface area contributed by atoms with Gasteiger partial charge in [-0.05, 0) is 96.2 Å². The van der Waals surface area contributed by atoms with Crippen LogP contribution in [-0.4, -0.2) is 33.8 Å². The third-order valence-electron chi connectivity index (χ3n) is 7.38. The summed E-state index contributed by atoms with van der Waals surface area (Å²) in [6.45, 7) is 1.87. The minimum atomic E-state index is -0.128. The number of benzene rings is 1. The van der Waals surface area contributed by atoms with Gasteiger partial charge in [-0.2, -0.15) is 16.4 Å². The molecule has 3 aromatic rings. The number of nitrogens with zero attached hydrogens (tertiary/aromatic N) is 3. The Bertz CT molecular complexity index is 1250. The molecule has 2 aromatic heterocycles. The van der Waals surface area contributed by atoms with Crippen LogP contribution in [0.2, 0.25) is 10.0 Å². The monoisotopic (exact) mass is 512 g/mol. The number of halogens is 2. The fourth-order valence-electron chi connectivity index (χ4n) is 5.82. The second kappa shape index (κ2) is 9.15. The van der Waals surface area contributed by atoms with Crippen molar-refractivity contribution in [1.29, 1.82) is 0 Å². The summed E-state index contributed by atoms with van der Waals surface area (Å²) in [5.74, 6) is 1.29. The first-order valence-electron chi connectivity index (χ1n) is 11.9. The van der Waals surface area contributed by atoms with E-state index in [9.17, 15) is 4.79 Å². The summed E-state index contributed by atoms with van der Waals surface area (Å²) in [5.41, 5.74) is 8.71. The Morgan fingerprint density at radius 1 is 1.12 bits per heavy atom. The molecule has 34 heavy (non-hydrogen) atoms. The molecule has 3 aliphatic rings. The molecule has 176 valence electrons. The molecule has 2 atom stereocenters. The summed E-state index contributed by atoms with van der Waals surface area (Å²) in [6.07, 6.45) is 8.79. The van der Waals surface area contributed by atoms with Gasteiger partial charge in [-0.15, -0.1) is 0 Å². The molecule has 1 saturated heterocycles. The normalized spacial score (nSPS) is 23.3. The van der Waals surface area contributed by atoms with Crippen LogP contribution in [0.5, 0.6) is 0 Å². The number of carbonyl (C=O) groups is 1. The van der Waals surface area contributed by atoms with Crippen LogP contribution in [0.1, 0.15) is 59.4 Å². The SMILES string of the molecule is O=C(NN1CC2CCCC2C1)c1nn(-c2ccc(Cl)cc2Cl)c2c1CCC/C2=C\c1ccsc1. The molecular formula is C26H26Cl2N4OS. The number of hydrazine groups is 1. The second-order valence-corrected chi connectivity index (χ2v) is 11.2. The number of nitrogens with one attached hydrogen (secondary N) is 1. The summed E-state index contributed by atoms with van der Waals surface area (Å²) in [6, 6.07) is 7.52. The van der Waals surface area contributed by atoms with Crippen LogP contribution >= 0.6 is 34.5 Å². The first-order valence-corrected chi connectivity index (χ1v) is 13.6. The number of rotatable bonds is 4. The molecule has 1 saturated carbocycles. The van der Waals surface area contributed by atoms with E-state index in [1.165, 1.54) is 24.8 Å². The van der Waals surface area contributed by atoms with Crippen LogP contribution in [0.25, 0.3) is 17.3 Å². The minimum Gasteiger partial charge on any atom is -0.283 e. The molecule has 8 heteroatoms. The van der Waals surface area contributed by atoms with E-state index in [-0.39, 0.29) is 5.91 Å². The van der Waals surface area contributed by atoms with Crippen LogP contribution in [0.3, 0.4) is 0 Å². The molecule has 0 bridgehead atoms. The van der Waals surface area contributed by atoms with E-state index in [1.807, 2.05) is 16.8 Å². The summed E-state index contributed by atoms with van der Waals surface area (Å²) in [5, 5.41) is 12.3. The van der Waals surface area contributed by atoms with Gasteiger partial charge < -0.3 is 0 Å². The van der Waals surface area contributed by atoms with E-state index in [0.29, 0.717) is 27.6 Å². The number of allylic oxidation sites excluding steroid dienone is 1. The zero-order valence-corrected chi connectivity index (χ0v) is 21.1. The van der Waals surface area contributed by atoms with Crippen LogP contribution in [0.15, 0.2) is 35.0 Å². The van der Waals surface area contributed by atoms with Crippen molar-refractivity contribution in [3.05, 3.63) is 67.6 Å². The molecule has 3 heterocycles. The van der Waals surface area contributed by atoms with E-state index in [2.05, 4.69) is 33.3 Å². The van der Waals surface area contributed by atoms with E-state index < -0.39 is 0 Å². The summed E-state index contributed by atoms with van der Waals surface area (Å²) in [4.78, 5) is 13.5. The van der Waals surface area contributed by atoms with Gasteiger partial charge in [-0.3, -0.25) is 10.2 Å². The van der Waals surface area contributed by atoms with Crippen molar-refractivity contribution >= 4 is 52.1 Å². The predicted molar refractivity (Wildman–Crippen MR) is 139 cm³/mol. The highest BCUT2D eigenvalue weighted by Crippen LogP contribution is 2.39. The zero-order chi connectivity index (χ0) is 23.2. The fraction of sp³-hybridized carbons (Fsp3) is 0.385. The van der Waals surface area contributed by atoms with E-state index in [0.717, 1.165) is 54.9 Å². The second-order valence-electron chi connectivity index (χ2n) is 9.56. The fourth-order valence-corrected chi connectivity index (χ4v) is 6.93. The average Bonchev–Trinajstić information content (AvgIpc) is 3.58. The lowest BCUT2D eigenvalue weighted by atomic mass is 9.90. The van der Waals surface area contributed by atoms with Crippen molar-refractivity contribution in [2.24, 2.45) is 11.8 Å². The van der Waals surface area contributed by atoms with Crippen molar-refractivity contribution in [3.63, 3.8) is 0 Å². The van der Waals surface area contributed by atoms with Crippen molar-refractivity contribution < 1.29 is 4.79 Å². The topological polar surface area (TPSA) is 50.2 Å². The number of hydrogen-bond acceptors (Lipinski definition) is 4.